The van der Waals surface area contributed by atoms with Gasteiger partial charge in [0.25, 0.3) is 5.91 Å². The number of ether oxygens (including phenoxy) is 1. The van der Waals surface area contributed by atoms with E-state index in [1.54, 1.807) is 12.1 Å². The van der Waals surface area contributed by atoms with Gasteiger partial charge in [-0.3, -0.25) is 4.79 Å². The molecule has 2 aromatic carbocycles. The van der Waals surface area contributed by atoms with Crippen molar-refractivity contribution in [3.05, 3.63) is 64.7 Å². The lowest BCUT2D eigenvalue weighted by molar-refractivity contribution is -0.274. The lowest BCUT2D eigenvalue weighted by Gasteiger charge is -2.12. The molecule has 0 saturated heterocycles. The van der Waals surface area contributed by atoms with Gasteiger partial charge in [0.1, 0.15) is 25.7 Å². The molecule has 0 aromatic heterocycles. The van der Waals surface area contributed by atoms with E-state index in [9.17, 15) is 18.0 Å². The third-order valence-electron chi connectivity index (χ3n) is 4.00. The number of carbonyl (C=O) groups is 1. The first kappa shape index (κ1) is 24.3. The molecule has 0 unspecified atom stereocenters. The molecule has 1 amide bonds. The van der Waals surface area contributed by atoms with Crippen LogP contribution in [0.4, 0.5) is 13.2 Å². The zero-order chi connectivity index (χ0) is 23.6. The summed E-state index contributed by atoms with van der Waals surface area (Å²) in [5.74, 6) is 4.58. The molecule has 0 saturated carbocycles. The minimum absolute atomic E-state index is 0.0450. The van der Waals surface area contributed by atoms with Crippen LogP contribution in [0.25, 0.3) is 0 Å². The number of oxime groups is 2. The first-order chi connectivity index (χ1) is 15.2. The van der Waals surface area contributed by atoms with Gasteiger partial charge in [0.15, 0.2) is 5.71 Å². The van der Waals surface area contributed by atoms with Crippen LogP contribution in [-0.2, 0) is 21.1 Å². The van der Waals surface area contributed by atoms with E-state index in [-0.39, 0.29) is 18.1 Å². The summed E-state index contributed by atoms with van der Waals surface area (Å²) in [6, 6.07) is 10.4. The molecule has 0 atom stereocenters. The van der Waals surface area contributed by atoms with Crippen LogP contribution >= 0.6 is 0 Å². The van der Waals surface area contributed by atoms with Crippen LogP contribution in [0.15, 0.2) is 52.8 Å². The van der Waals surface area contributed by atoms with Gasteiger partial charge < -0.3 is 19.7 Å². The number of hydrogen-bond donors (Lipinski definition) is 1. The average Bonchev–Trinajstić information content (AvgIpc) is 2.75. The minimum atomic E-state index is -4.75. The fourth-order valence-corrected chi connectivity index (χ4v) is 2.56. The van der Waals surface area contributed by atoms with E-state index in [2.05, 4.69) is 32.2 Å². The molecule has 32 heavy (non-hydrogen) atoms. The van der Waals surface area contributed by atoms with E-state index in [1.807, 2.05) is 13.0 Å². The zero-order valence-electron chi connectivity index (χ0n) is 17.5. The highest BCUT2D eigenvalue weighted by atomic mass is 19.4. The Morgan fingerprint density at radius 1 is 1.19 bits per heavy atom. The molecule has 0 fully saturated rings. The lowest BCUT2D eigenvalue weighted by Crippen LogP contribution is -2.29. The van der Waals surface area contributed by atoms with Gasteiger partial charge in [0, 0.05) is 23.7 Å². The molecule has 10 heteroatoms. The Hall–Kier alpha value is -4.00. The minimum Gasteiger partial charge on any atom is -0.406 e. The van der Waals surface area contributed by atoms with Crippen molar-refractivity contribution in [1.29, 1.82) is 0 Å². The monoisotopic (exact) mass is 447 g/mol. The summed E-state index contributed by atoms with van der Waals surface area (Å²) in [5, 5.41) is 10.1. The maximum atomic E-state index is 12.2. The van der Waals surface area contributed by atoms with E-state index in [4.69, 9.17) is 9.68 Å². The van der Waals surface area contributed by atoms with Crippen molar-refractivity contribution in [3.8, 4) is 17.6 Å². The van der Waals surface area contributed by atoms with Crippen molar-refractivity contribution in [2.75, 3.05) is 14.2 Å². The molecule has 0 aliphatic rings. The van der Waals surface area contributed by atoms with Gasteiger partial charge in [0.05, 0.1) is 0 Å². The van der Waals surface area contributed by atoms with Gasteiger partial charge in [-0.1, -0.05) is 34.4 Å². The Labute approximate surface area is 182 Å². The van der Waals surface area contributed by atoms with Gasteiger partial charge >= 0.3 is 6.36 Å². The second-order valence-corrected chi connectivity index (χ2v) is 6.15. The summed E-state index contributed by atoms with van der Waals surface area (Å²) in [6.45, 7) is 1.90. The summed E-state index contributed by atoms with van der Waals surface area (Å²) in [6.07, 6.45) is -3.54. The van der Waals surface area contributed by atoms with Crippen molar-refractivity contribution in [1.82, 2.24) is 5.32 Å². The van der Waals surface area contributed by atoms with Crippen molar-refractivity contribution in [2.24, 2.45) is 10.3 Å². The highest BCUT2D eigenvalue weighted by Crippen LogP contribution is 2.22. The molecular formula is C22H20F3N3O4. The van der Waals surface area contributed by atoms with Gasteiger partial charge in [-0.15, -0.1) is 13.2 Å². The summed E-state index contributed by atoms with van der Waals surface area (Å²) < 4.78 is 40.3. The van der Waals surface area contributed by atoms with Crippen LogP contribution in [0.1, 0.15) is 22.3 Å². The van der Waals surface area contributed by atoms with Crippen LogP contribution in [0, 0.1) is 18.8 Å². The van der Waals surface area contributed by atoms with E-state index in [0.29, 0.717) is 16.7 Å². The number of carbonyl (C=O) groups excluding carboxylic acids is 1. The number of likely N-dealkylation sites (N-methyl/N-ethyl adjacent to an activating group) is 1. The standard InChI is InChI=1S/C22H20F3N3O4/c1-15-6-4-8-18(20(28-30-3)21(29)26-2)19(15)14-31-27-13-5-7-16-9-11-17(12-10-16)32-22(23,24)25/h4,6,8-13H,14H2,1-3H3,(H,26,29)/b27-13+,28-20+. The van der Waals surface area contributed by atoms with Crippen molar-refractivity contribution in [3.63, 3.8) is 0 Å². The fourth-order valence-electron chi connectivity index (χ4n) is 2.56. The van der Waals surface area contributed by atoms with E-state index < -0.39 is 12.3 Å². The molecule has 0 bridgehead atoms. The fraction of sp³-hybridized carbons (Fsp3) is 0.227. The Bertz CT molecular complexity index is 1050. The smallest absolute Gasteiger partial charge is 0.406 e. The van der Waals surface area contributed by atoms with Gasteiger partial charge in [0.2, 0.25) is 0 Å². The Balaban J connectivity index is 2.04. The highest BCUT2D eigenvalue weighted by molar-refractivity contribution is 6.45. The summed E-state index contributed by atoms with van der Waals surface area (Å²) >= 11 is 0. The number of nitrogens with one attached hydrogen (secondary N) is 1. The molecule has 168 valence electrons. The van der Waals surface area contributed by atoms with Crippen LogP contribution in [0.3, 0.4) is 0 Å². The van der Waals surface area contributed by atoms with Gasteiger partial charge in [-0.25, -0.2) is 0 Å². The molecule has 2 rings (SSSR count). The number of nitrogens with zero attached hydrogens (tertiary/aromatic N) is 2. The number of benzene rings is 2. The van der Waals surface area contributed by atoms with Crippen molar-refractivity contribution < 1.29 is 32.4 Å². The molecule has 0 heterocycles. The largest absolute Gasteiger partial charge is 0.573 e. The second-order valence-electron chi connectivity index (χ2n) is 6.15. The maximum absolute atomic E-state index is 12.2. The highest BCUT2D eigenvalue weighted by Gasteiger charge is 2.30. The van der Waals surface area contributed by atoms with Crippen LogP contribution in [0.2, 0.25) is 0 Å². The number of rotatable bonds is 7. The second kappa shape index (κ2) is 11.4. The van der Waals surface area contributed by atoms with Crippen LogP contribution < -0.4 is 10.1 Å². The number of alkyl halides is 3. The average molecular weight is 447 g/mol. The Morgan fingerprint density at radius 2 is 1.91 bits per heavy atom. The number of hydrogen-bond acceptors (Lipinski definition) is 6. The Morgan fingerprint density at radius 3 is 2.53 bits per heavy atom. The Kier molecular flexibility index (Phi) is 8.65. The summed E-state index contributed by atoms with van der Waals surface area (Å²) in [5.41, 5.74) is 2.65. The van der Waals surface area contributed by atoms with Crippen LogP contribution in [-0.4, -0.2) is 38.4 Å². The van der Waals surface area contributed by atoms with Gasteiger partial charge in [-0.05, 0) is 42.7 Å². The van der Waals surface area contributed by atoms with Crippen LogP contribution in [0.5, 0.6) is 5.75 Å². The summed E-state index contributed by atoms with van der Waals surface area (Å²) in [4.78, 5) is 22.2. The lowest BCUT2D eigenvalue weighted by atomic mass is 9.98. The number of amides is 1. The molecule has 2 aromatic rings. The molecular weight excluding hydrogens is 427 g/mol. The molecule has 0 radical (unpaired) electrons. The third-order valence-corrected chi connectivity index (χ3v) is 4.00. The number of halogens is 3. The van der Waals surface area contributed by atoms with E-state index >= 15 is 0 Å². The van der Waals surface area contributed by atoms with Gasteiger partial charge in [-0.2, -0.15) is 0 Å². The zero-order valence-corrected chi connectivity index (χ0v) is 17.5. The third kappa shape index (κ3) is 7.36. The topological polar surface area (TPSA) is 81.5 Å². The van der Waals surface area contributed by atoms with Crippen molar-refractivity contribution >= 4 is 17.8 Å². The van der Waals surface area contributed by atoms with E-state index in [1.165, 1.54) is 32.5 Å². The maximum Gasteiger partial charge on any atom is 0.573 e. The normalized spacial score (nSPS) is 11.5. The number of aryl methyl sites for hydroxylation is 1. The predicted molar refractivity (Wildman–Crippen MR) is 112 cm³/mol. The summed E-state index contributed by atoms with van der Waals surface area (Å²) in [7, 11) is 2.83. The molecule has 1 N–H and O–H groups in total. The molecule has 0 spiro atoms. The first-order valence-electron chi connectivity index (χ1n) is 9.18. The first-order valence-corrected chi connectivity index (χ1v) is 9.18. The van der Waals surface area contributed by atoms with Crippen molar-refractivity contribution in [2.45, 2.75) is 19.9 Å². The molecule has 0 aliphatic heterocycles. The molecule has 0 aliphatic carbocycles. The molecule has 7 nitrogen and oxygen atoms in total. The predicted octanol–water partition coefficient (Wildman–Crippen LogP) is 3.54. The SMILES string of the molecule is CNC(=O)/C(=N/OC)c1cccc(C)c1CO/N=C/C#Cc1ccc(OC(F)(F)F)cc1. The van der Waals surface area contributed by atoms with E-state index in [0.717, 1.165) is 17.7 Å². The quantitative estimate of drug-likeness (QED) is 0.400.